The van der Waals surface area contributed by atoms with Gasteiger partial charge >= 0.3 is 0 Å². The second kappa shape index (κ2) is 16.2. The van der Waals surface area contributed by atoms with Gasteiger partial charge in [0.15, 0.2) is 0 Å². The van der Waals surface area contributed by atoms with Gasteiger partial charge in [0.1, 0.15) is 0 Å². The van der Waals surface area contributed by atoms with E-state index in [0.29, 0.717) is 0 Å². The fourth-order valence-corrected chi connectivity index (χ4v) is 3.03. The predicted molar refractivity (Wildman–Crippen MR) is 93.9 cm³/mol. The minimum Gasteiger partial charge on any atom is -0.125 e. The monoisotopic (exact) mass is 284 g/mol. The van der Waals surface area contributed by atoms with Gasteiger partial charge in [0, 0.05) is 0 Å². The summed E-state index contributed by atoms with van der Waals surface area (Å²) in [7, 11) is 1.13. The minimum atomic E-state index is 1.13. The van der Waals surface area contributed by atoms with Crippen LogP contribution in [0.4, 0.5) is 0 Å². The number of hydrogen-bond acceptors (Lipinski definition) is 0. The van der Waals surface area contributed by atoms with Crippen LogP contribution in [0.25, 0.3) is 0 Å². The second-order valence-corrected chi connectivity index (χ2v) is 6.94. The number of allylic oxidation sites excluding steroid dienone is 2. The summed E-state index contributed by atoms with van der Waals surface area (Å²) in [6, 6.07) is 0. The van der Waals surface area contributed by atoms with Crippen LogP contribution in [0.3, 0.4) is 0 Å². The van der Waals surface area contributed by atoms with Gasteiger partial charge in [-0.05, 0) is 51.4 Å². The first-order valence-electron chi connectivity index (χ1n) is 8.67. The summed E-state index contributed by atoms with van der Waals surface area (Å²) in [6.07, 6.45) is 20.7. The number of unbranched alkanes of at least 4 members (excludes halogenated alkanes) is 7. The molecule has 0 aliphatic heterocycles. The van der Waals surface area contributed by atoms with Crippen LogP contribution < -0.4 is 0 Å². The molecule has 0 aliphatic rings. The van der Waals surface area contributed by atoms with Crippen molar-refractivity contribution in [3.8, 4) is 0 Å². The summed E-state index contributed by atoms with van der Waals surface area (Å²) in [5.41, 5.74) is 1.77. The topological polar surface area (TPSA) is 0 Å². The van der Waals surface area contributed by atoms with E-state index in [1.165, 1.54) is 83.2 Å². The standard InChI is InChI=1S/C18H37P/c1-4-6-8-10-14-18(15-11-9-7-5-2)16-12-13-17-19-3/h16,19H,4-15,17H2,1-3H3. The summed E-state index contributed by atoms with van der Waals surface area (Å²) in [5.74, 6) is 0. The maximum Gasteiger partial charge on any atom is -0.0320 e. The van der Waals surface area contributed by atoms with E-state index in [1.807, 2.05) is 0 Å². The molecule has 1 unspecified atom stereocenters. The molecule has 0 saturated heterocycles. The van der Waals surface area contributed by atoms with Crippen molar-refractivity contribution in [2.75, 3.05) is 12.8 Å². The van der Waals surface area contributed by atoms with Crippen molar-refractivity contribution in [3.05, 3.63) is 11.6 Å². The van der Waals surface area contributed by atoms with Gasteiger partial charge in [-0.15, -0.1) is 8.58 Å². The molecule has 0 heterocycles. The lowest BCUT2D eigenvalue weighted by Gasteiger charge is -2.08. The smallest absolute Gasteiger partial charge is 0.0320 e. The average Bonchev–Trinajstić information content (AvgIpc) is 2.43. The van der Waals surface area contributed by atoms with Crippen LogP contribution in [0, 0.1) is 0 Å². The molecule has 1 atom stereocenters. The molecule has 0 saturated carbocycles. The van der Waals surface area contributed by atoms with E-state index >= 15 is 0 Å². The van der Waals surface area contributed by atoms with Gasteiger partial charge in [0.2, 0.25) is 0 Å². The molecular weight excluding hydrogens is 247 g/mol. The summed E-state index contributed by atoms with van der Waals surface area (Å²) < 4.78 is 0. The fraction of sp³-hybridized carbons (Fsp3) is 0.889. The molecule has 0 aromatic heterocycles. The maximum absolute atomic E-state index is 2.58. The summed E-state index contributed by atoms with van der Waals surface area (Å²) in [5, 5.41) is 0. The normalized spacial score (nSPS) is 11.3. The third-order valence-electron chi connectivity index (χ3n) is 3.77. The highest BCUT2D eigenvalue weighted by Gasteiger charge is 1.99. The van der Waals surface area contributed by atoms with E-state index in [1.54, 1.807) is 5.57 Å². The van der Waals surface area contributed by atoms with Gasteiger partial charge in [-0.1, -0.05) is 64.0 Å². The van der Waals surface area contributed by atoms with Crippen LogP contribution in [0.5, 0.6) is 0 Å². The summed E-state index contributed by atoms with van der Waals surface area (Å²) in [6.45, 7) is 6.92. The van der Waals surface area contributed by atoms with E-state index in [9.17, 15) is 0 Å². The van der Waals surface area contributed by atoms with Crippen LogP contribution in [-0.4, -0.2) is 12.8 Å². The van der Waals surface area contributed by atoms with Crippen LogP contribution in [0.1, 0.15) is 90.9 Å². The summed E-state index contributed by atoms with van der Waals surface area (Å²) in [4.78, 5) is 0. The molecule has 1 heteroatoms. The van der Waals surface area contributed by atoms with Crippen LogP contribution in [0.2, 0.25) is 0 Å². The average molecular weight is 284 g/mol. The molecule has 19 heavy (non-hydrogen) atoms. The van der Waals surface area contributed by atoms with Gasteiger partial charge in [-0.3, -0.25) is 0 Å². The molecule has 0 nitrogen and oxygen atoms in total. The van der Waals surface area contributed by atoms with Crippen LogP contribution in [0.15, 0.2) is 11.6 Å². The molecular formula is C18H37P. The van der Waals surface area contributed by atoms with Crippen molar-refractivity contribution in [1.29, 1.82) is 0 Å². The van der Waals surface area contributed by atoms with E-state index < -0.39 is 0 Å². The molecule has 0 amide bonds. The fourth-order valence-electron chi connectivity index (χ4n) is 2.47. The first-order chi connectivity index (χ1) is 9.35. The van der Waals surface area contributed by atoms with Gasteiger partial charge in [-0.25, -0.2) is 0 Å². The highest BCUT2D eigenvalue weighted by Crippen LogP contribution is 2.19. The van der Waals surface area contributed by atoms with Gasteiger partial charge in [0.05, 0.1) is 0 Å². The zero-order valence-corrected chi connectivity index (χ0v) is 14.8. The minimum absolute atomic E-state index is 1.13. The van der Waals surface area contributed by atoms with Gasteiger partial charge < -0.3 is 0 Å². The highest BCUT2D eigenvalue weighted by molar-refractivity contribution is 7.36. The Labute approximate surface area is 124 Å². The third kappa shape index (κ3) is 14.4. The van der Waals surface area contributed by atoms with Crippen molar-refractivity contribution >= 4 is 8.58 Å². The Bertz CT molecular complexity index is 182. The Morgan fingerprint density at radius 3 is 1.84 bits per heavy atom. The molecule has 0 aromatic rings. The van der Waals surface area contributed by atoms with E-state index in [-0.39, 0.29) is 0 Å². The zero-order chi connectivity index (χ0) is 14.2. The first-order valence-corrected chi connectivity index (χ1v) is 10.4. The highest BCUT2D eigenvalue weighted by atomic mass is 31.1. The Balaban J connectivity index is 3.84. The molecule has 0 fully saturated rings. The van der Waals surface area contributed by atoms with E-state index in [4.69, 9.17) is 0 Å². The molecule has 0 aliphatic carbocycles. The molecule has 0 radical (unpaired) electrons. The van der Waals surface area contributed by atoms with Crippen molar-refractivity contribution in [1.82, 2.24) is 0 Å². The Morgan fingerprint density at radius 1 is 0.789 bits per heavy atom. The SMILES string of the molecule is CCCCCCC(=CCCCPC)CCCCCC. The summed E-state index contributed by atoms with van der Waals surface area (Å²) >= 11 is 0. The quantitative estimate of drug-likeness (QED) is 0.184. The van der Waals surface area contributed by atoms with Crippen molar-refractivity contribution < 1.29 is 0 Å². The Hall–Kier alpha value is 0.170. The predicted octanol–water partition coefficient (Wildman–Crippen LogP) is 6.94. The third-order valence-corrected chi connectivity index (χ3v) is 4.62. The van der Waals surface area contributed by atoms with Crippen LogP contribution in [-0.2, 0) is 0 Å². The number of hydrogen-bond donors (Lipinski definition) is 0. The van der Waals surface area contributed by atoms with Gasteiger partial charge in [-0.2, -0.15) is 0 Å². The molecule has 0 aromatic carbocycles. The van der Waals surface area contributed by atoms with Crippen LogP contribution >= 0.6 is 8.58 Å². The lowest BCUT2D eigenvalue weighted by atomic mass is 9.99. The molecule has 0 rings (SSSR count). The molecule has 114 valence electrons. The van der Waals surface area contributed by atoms with Crippen molar-refractivity contribution in [2.24, 2.45) is 0 Å². The second-order valence-electron chi connectivity index (χ2n) is 5.73. The zero-order valence-electron chi connectivity index (χ0n) is 13.8. The van der Waals surface area contributed by atoms with E-state index in [0.717, 1.165) is 8.58 Å². The maximum atomic E-state index is 2.58. The Kier molecular flexibility index (Phi) is 16.4. The van der Waals surface area contributed by atoms with Crippen molar-refractivity contribution in [2.45, 2.75) is 90.9 Å². The van der Waals surface area contributed by atoms with Gasteiger partial charge in [0.25, 0.3) is 0 Å². The molecule has 0 N–H and O–H groups in total. The van der Waals surface area contributed by atoms with E-state index in [2.05, 4.69) is 26.6 Å². The number of rotatable bonds is 14. The lowest BCUT2D eigenvalue weighted by Crippen LogP contribution is -1.88. The van der Waals surface area contributed by atoms with Crippen molar-refractivity contribution in [3.63, 3.8) is 0 Å². The molecule has 0 bridgehead atoms. The lowest BCUT2D eigenvalue weighted by molar-refractivity contribution is 0.622. The first kappa shape index (κ1) is 19.2. The Morgan fingerprint density at radius 2 is 1.37 bits per heavy atom. The molecule has 0 spiro atoms. The largest absolute Gasteiger partial charge is 0.125 e.